The maximum Gasteiger partial charge on any atom is 0.226 e. The van der Waals surface area contributed by atoms with Crippen molar-refractivity contribution in [2.24, 2.45) is 0 Å². The molecule has 4 nitrogen and oxygen atoms in total. The number of aromatic nitrogens is 2. The lowest BCUT2D eigenvalue weighted by molar-refractivity contribution is 0.470. The predicted octanol–water partition coefficient (Wildman–Crippen LogP) is 3.03. The Labute approximate surface area is 118 Å². The molecule has 0 saturated heterocycles. The van der Waals surface area contributed by atoms with Crippen molar-refractivity contribution >= 4 is 11.8 Å². The van der Waals surface area contributed by atoms with E-state index in [1.807, 2.05) is 6.92 Å². The van der Waals surface area contributed by atoms with E-state index >= 15 is 0 Å². The normalized spacial score (nSPS) is 10.8. The van der Waals surface area contributed by atoms with Crippen molar-refractivity contribution in [3.05, 3.63) is 41.6 Å². The molecule has 0 fully saturated rings. The van der Waals surface area contributed by atoms with Crippen LogP contribution in [0.4, 0.5) is 0 Å². The minimum atomic E-state index is 0.693. The molecule has 0 aliphatic rings. The van der Waals surface area contributed by atoms with Gasteiger partial charge in [0.2, 0.25) is 11.8 Å². The Kier molecular flexibility index (Phi) is 5.42. The van der Waals surface area contributed by atoms with Crippen LogP contribution in [0.3, 0.4) is 0 Å². The van der Waals surface area contributed by atoms with E-state index in [1.165, 1.54) is 10.5 Å². The summed E-state index contributed by atoms with van der Waals surface area (Å²) in [5.41, 5.74) is 1.30. The quantitative estimate of drug-likeness (QED) is 0.788. The Morgan fingerprint density at radius 3 is 2.79 bits per heavy atom. The molecular weight excluding hydrogens is 258 g/mol. The van der Waals surface area contributed by atoms with E-state index in [-0.39, 0.29) is 0 Å². The van der Waals surface area contributed by atoms with Crippen molar-refractivity contribution in [1.29, 1.82) is 0 Å². The highest BCUT2D eigenvalue weighted by atomic mass is 32.2. The predicted molar refractivity (Wildman–Crippen MR) is 77.1 cm³/mol. The third-order valence-corrected chi connectivity index (χ3v) is 3.63. The van der Waals surface area contributed by atoms with Gasteiger partial charge in [-0.1, -0.05) is 26.0 Å². The summed E-state index contributed by atoms with van der Waals surface area (Å²) in [6, 6.07) is 8.52. The lowest BCUT2D eigenvalue weighted by Crippen LogP contribution is -2.11. The summed E-state index contributed by atoms with van der Waals surface area (Å²) in [5, 5.41) is 11.3. The SMILES string of the molecule is CCNCc1cccc(SCc2nnc(CC)o2)c1. The number of hydrogen-bond acceptors (Lipinski definition) is 5. The Bertz CT molecular complexity index is 513. The van der Waals surface area contributed by atoms with Crippen LogP contribution in [0.5, 0.6) is 0 Å². The molecule has 0 atom stereocenters. The Morgan fingerprint density at radius 2 is 2.05 bits per heavy atom. The van der Waals surface area contributed by atoms with Crippen LogP contribution < -0.4 is 5.32 Å². The lowest BCUT2D eigenvalue weighted by Gasteiger charge is -2.04. The molecule has 5 heteroatoms. The zero-order valence-corrected chi connectivity index (χ0v) is 12.2. The van der Waals surface area contributed by atoms with E-state index in [0.29, 0.717) is 11.8 Å². The fraction of sp³-hybridized carbons (Fsp3) is 0.429. The van der Waals surface area contributed by atoms with Crippen LogP contribution in [-0.4, -0.2) is 16.7 Å². The van der Waals surface area contributed by atoms with E-state index in [1.54, 1.807) is 11.8 Å². The molecular formula is C14H19N3OS. The number of thioether (sulfide) groups is 1. The first-order valence-corrected chi connectivity index (χ1v) is 7.54. The molecule has 2 aromatic rings. The standard InChI is InChI=1S/C14H19N3OS/c1-3-13-16-17-14(18-13)10-19-12-7-5-6-11(8-12)9-15-4-2/h5-8,15H,3-4,9-10H2,1-2H3. The largest absolute Gasteiger partial charge is 0.424 e. The molecule has 2 rings (SSSR count). The van der Waals surface area contributed by atoms with E-state index in [4.69, 9.17) is 4.42 Å². The number of nitrogens with zero attached hydrogens (tertiary/aromatic N) is 2. The topological polar surface area (TPSA) is 51.0 Å². The van der Waals surface area contributed by atoms with Gasteiger partial charge in [-0.05, 0) is 24.2 Å². The Morgan fingerprint density at radius 1 is 1.21 bits per heavy atom. The van der Waals surface area contributed by atoms with Gasteiger partial charge in [-0.15, -0.1) is 22.0 Å². The van der Waals surface area contributed by atoms with E-state index in [0.717, 1.165) is 25.3 Å². The highest BCUT2D eigenvalue weighted by molar-refractivity contribution is 7.98. The second kappa shape index (κ2) is 7.31. The molecule has 1 aromatic carbocycles. The summed E-state index contributed by atoms with van der Waals surface area (Å²) in [7, 11) is 0. The highest BCUT2D eigenvalue weighted by Crippen LogP contribution is 2.23. The number of aryl methyl sites for hydroxylation is 1. The molecule has 0 spiro atoms. The fourth-order valence-electron chi connectivity index (χ4n) is 1.65. The minimum Gasteiger partial charge on any atom is -0.424 e. The smallest absolute Gasteiger partial charge is 0.226 e. The summed E-state index contributed by atoms with van der Waals surface area (Å²) in [4.78, 5) is 1.23. The van der Waals surface area contributed by atoms with Crippen LogP contribution in [0, 0.1) is 0 Å². The highest BCUT2D eigenvalue weighted by Gasteiger charge is 2.05. The van der Waals surface area contributed by atoms with Gasteiger partial charge in [0.15, 0.2) is 0 Å². The molecule has 0 radical (unpaired) electrons. The van der Waals surface area contributed by atoms with Crippen molar-refractivity contribution < 1.29 is 4.42 Å². The molecule has 0 bridgehead atoms. The lowest BCUT2D eigenvalue weighted by atomic mass is 10.2. The van der Waals surface area contributed by atoms with Gasteiger partial charge in [-0.2, -0.15) is 0 Å². The molecule has 0 unspecified atom stereocenters. The number of rotatable bonds is 7. The molecule has 0 saturated carbocycles. The Balaban J connectivity index is 1.91. The molecule has 19 heavy (non-hydrogen) atoms. The third kappa shape index (κ3) is 4.36. The summed E-state index contributed by atoms with van der Waals surface area (Å²) in [6.45, 7) is 6.01. The van der Waals surface area contributed by atoms with Gasteiger partial charge in [-0.3, -0.25) is 0 Å². The third-order valence-electron chi connectivity index (χ3n) is 2.65. The summed E-state index contributed by atoms with van der Waals surface area (Å²) in [5.74, 6) is 2.12. The number of hydrogen-bond donors (Lipinski definition) is 1. The van der Waals surface area contributed by atoms with Crippen molar-refractivity contribution in [3.8, 4) is 0 Å². The first-order valence-electron chi connectivity index (χ1n) is 6.55. The molecule has 1 heterocycles. The first kappa shape index (κ1) is 14.1. The average molecular weight is 277 g/mol. The van der Waals surface area contributed by atoms with Gasteiger partial charge in [0.25, 0.3) is 0 Å². The second-order valence-electron chi connectivity index (χ2n) is 4.16. The van der Waals surface area contributed by atoms with Crippen molar-refractivity contribution in [2.45, 2.75) is 37.5 Å². The number of nitrogens with one attached hydrogen (secondary N) is 1. The van der Waals surface area contributed by atoms with Crippen LogP contribution >= 0.6 is 11.8 Å². The molecule has 0 amide bonds. The van der Waals surface area contributed by atoms with Gasteiger partial charge < -0.3 is 9.73 Å². The van der Waals surface area contributed by atoms with Crippen LogP contribution in [0.25, 0.3) is 0 Å². The monoisotopic (exact) mass is 277 g/mol. The molecule has 1 N–H and O–H groups in total. The van der Waals surface area contributed by atoms with E-state index < -0.39 is 0 Å². The van der Waals surface area contributed by atoms with E-state index in [2.05, 4.69) is 46.7 Å². The summed E-state index contributed by atoms with van der Waals surface area (Å²) < 4.78 is 5.49. The molecule has 102 valence electrons. The number of benzene rings is 1. The van der Waals surface area contributed by atoms with Crippen molar-refractivity contribution in [2.75, 3.05) is 6.54 Å². The molecule has 1 aromatic heterocycles. The second-order valence-corrected chi connectivity index (χ2v) is 5.21. The maximum absolute atomic E-state index is 5.49. The fourth-order valence-corrected chi connectivity index (χ4v) is 2.47. The van der Waals surface area contributed by atoms with Crippen LogP contribution in [0.1, 0.15) is 31.2 Å². The van der Waals surface area contributed by atoms with Gasteiger partial charge in [0.05, 0.1) is 5.75 Å². The van der Waals surface area contributed by atoms with Gasteiger partial charge in [0.1, 0.15) is 0 Å². The zero-order valence-electron chi connectivity index (χ0n) is 11.3. The van der Waals surface area contributed by atoms with Gasteiger partial charge in [0, 0.05) is 17.9 Å². The summed E-state index contributed by atoms with van der Waals surface area (Å²) in [6.07, 6.45) is 0.788. The Hall–Kier alpha value is -1.33. The van der Waals surface area contributed by atoms with E-state index in [9.17, 15) is 0 Å². The average Bonchev–Trinajstić information content (AvgIpc) is 2.91. The van der Waals surface area contributed by atoms with Gasteiger partial charge >= 0.3 is 0 Å². The molecule has 0 aliphatic carbocycles. The van der Waals surface area contributed by atoms with Crippen molar-refractivity contribution in [3.63, 3.8) is 0 Å². The van der Waals surface area contributed by atoms with Crippen LogP contribution in [0.2, 0.25) is 0 Å². The van der Waals surface area contributed by atoms with Crippen molar-refractivity contribution in [1.82, 2.24) is 15.5 Å². The van der Waals surface area contributed by atoms with Crippen LogP contribution in [-0.2, 0) is 18.7 Å². The summed E-state index contributed by atoms with van der Waals surface area (Å²) >= 11 is 1.72. The zero-order chi connectivity index (χ0) is 13.5. The minimum absolute atomic E-state index is 0.693. The van der Waals surface area contributed by atoms with Crippen LogP contribution in [0.15, 0.2) is 33.6 Å². The van der Waals surface area contributed by atoms with Gasteiger partial charge in [-0.25, -0.2) is 0 Å². The molecule has 0 aliphatic heterocycles. The first-order chi connectivity index (χ1) is 9.31. The maximum atomic E-state index is 5.49.